The van der Waals surface area contributed by atoms with Crippen molar-refractivity contribution in [3.63, 3.8) is 0 Å². The van der Waals surface area contributed by atoms with Gasteiger partial charge in [0.15, 0.2) is 5.78 Å². The molecule has 0 saturated heterocycles. The summed E-state index contributed by atoms with van der Waals surface area (Å²) in [5.41, 5.74) is 1.69. The summed E-state index contributed by atoms with van der Waals surface area (Å²) in [4.78, 5) is 25.4. The van der Waals surface area contributed by atoms with Crippen molar-refractivity contribution >= 4 is 17.8 Å². The van der Waals surface area contributed by atoms with E-state index < -0.39 is 17.6 Å². The number of methoxy groups -OCH3 is 1. The standard InChI is InChI=1S/C26H19FN2O4/c1-32-22-11-7-18(8-12-22)9-14-25(30)33-24-13-10-20(27)15-23(24)26(31)19-16-28-29(17-19)21-5-3-2-4-6-21/h2-17H,1H3/b14-9+. The summed E-state index contributed by atoms with van der Waals surface area (Å²) < 4.78 is 25.9. The molecule has 3 aromatic carbocycles. The Labute approximate surface area is 189 Å². The van der Waals surface area contributed by atoms with E-state index in [4.69, 9.17) is 9.47 Å². The quantitative estimate of drug-likeness (QED) is 0.177. The van der Waals surface area contributed by atoms with Crippen LogP contribution in [0.5, 0.6) is 11.5 Å². The second-order valence-corrected chi connectivity index (χ2v) is 7.01. The van der Waals surface area contributed by atoms with Gasteiger partial charge in [-0.3, -0.25) is 4.79 Å². The number of aromatic nitrogens is 2. The zero-order valence-corrected chi connectivity index (χ0v) is 17.6. The third kappa shape index (κ3) is 5.22. The van der Waals surface area contributed by atoms with Gasteiger partial charge in [0.2, 0.25) is 0 Å². The lowest BCUT2D eigenvalue weighted by molar-refractivity contribution is -0.128. The van der Waals surface area contributed by atoms with Crippen LogP contribution in [0.15, 0.2) is 91.3 Å². The maximum Gasteiger partial charge on any atom is 0.336 e. The van der Waals surface area contributed by atoms with Gasteiger partial charge in [0.25, 0.3) is 0 Å². The number of rotatable bonds is 7. The number of benzene rings is 3. The number of esters is 1. The molecule has 0 aliphatic heterocycles. The van der Waals surface area contributed by atoms with E-state index in [0.717, 1.165) is 23.4 Å². The van der Waals surface area contributed by atoms with E-state index >= 15 is 0 Å². The lowest BCUT2D eigenvalue weighted by Gasteiger charge is -2.08. The molecule has 1 aromatic heterocycles. The van der Waals surface area contributed by atoms with E-state index in [1.165, 1.54) is 29.2 Å². The van der Waals surface area contributed by atoms with Gasteiger partial charge in [-0.25, -0.2) is 13.9 Å². The molecule has 0 aliphatic carbocycles. The van der Waals surface area contributed by atoms with Crippen LogP contribution < -0.4 is 9.47 Å². The van der Waals surface area contributed by atoms with Crippen molar-refractivity contribution in [2.24, 2.45) is 0 Å². The molecule has 6 nitrogen and oxygen atoms in total. The van der Waals surface area contributed by atoms with Gasteiger partial charge in [-0.2, -0.15) is 5.10 Å². The number of para-hydroxylation sites is 1. The number of hydrogen-bond acceptors (Lipinski definition) is 5. The number of hydrogen-bond donors (Lipinski definition) is 0. The monoisotopic (exact) mass is 442 g/mol. The van der Waals surface area contributed by atoms with Gasteiger partial charge < -0.3 is 9.47 Å². The average molecular weight is 442 g/mol. The maximum atomic E-state index is 13.9. The first-order valence-corrected chi connectivity index (χ1v) is 10.0. The second kappa shape index (κ2) is 9.74. The zero-order chi connectivity index (χ0) is 23.2. The number of carbonyl (C=O) groups excluding carboxylic acids is 2. The predicted octanol–water partition coefficient (Wildman–Crippen LogP) is 4.87. The van der Waals surface area contributed by atoms with Gasteiger partial charge in [0, 0.05) is 12.3 Å². The molecule has 0 atom stereocenters. The van der Waals surface area contributed by atoms with E-state index in [1.54, 1.807) is 37.5 Å². The first kappa shape index (κ1) is 21.7. The first-order valence-electron chi connectivity index (χ1n) is 10.0. The van der Waals surface area contributed by atoms with Gasteiger partial charge in [-0.05, 0) is 54.1 Å². The summed E-state index contributed by atoms with van der Waals surface area (Å²) in [6.07, 6.45) is 5.72. The molecule has 7 heteroatoms. The maximum absolute atomic E-state index is 13.9. The van der Waals surface area contributed by atoms with E-state index in [0.29, 0.717) is 5.75 Å². The largest absolute Gasteiger partial charge is 0.497 e. The fraction of sp³-hybridized carbons (Fsp3) is 0.0385. The summed E-state index contributed by atoms with van der Waals surface area (Å²) in [5.74, 6) is -1.19. The van der Waals surface area contributed by atoms with Crippen molar-refractivity contribution in [3.05, 3.63) is 114 Å². The van der Waals surface area contributed by atoms with Crippen molar-refractivity contribution in [1.29, 1.82) is 0 Å². The fourth-order valence-electron chi connectivity index (χ4n) is 3.11. The van der Waals surface area contributed by atoms with E-state index in [9.17, 15) is 14.0 Å². The molecule has 0 fully saturated rings. The van der Waals surface area contributed by atoms with Crippen LogP contribution in [0.25, 0.3) is 11.8 Å². The Morgan fingerprint density at radius 1 is 1.00 bits per heavy atom. The topological polar surface area (TPSA) is 70.4 Å². The Morgan fingerprint density at radius 2 is 1.76 bits per heavy atom. The summed E-state index contributed by atoms with van der Waals surface area (Å²) in [6, 6.07) is 19.7. The third-order valence-corrected chi connectivity index (χ3v) is 4.79. The average Bonchev–Trinajstić information content (AvgIpc) is 3.35. The van der Waals surface area contributed by atoms with Crippen LogP contribution in [0.3, 0.4) is 0 Å². The van der Waals surface area contributed by atoms with Gasteiger partial charge in [0.1, 0.15) is 17.3 Å². The van der Waals surface area contributed by atoms with Crippen LogP contribution in [0.2, 0.25) is 0 Å². The zero-order valence-electron chi connectivity index (χ0n) is 17.6. The molecule has 1 heterocycles. The second-order valence-electron chi connectivity index (χ2n) is 7.01. The van der Waals surface area contributed by atoms with E-state index in [-0.39, 0.29) is 16.9 Å². The number of halogens is 1. The SMILES string of the molecule is COc1ccc(/C=C/C(=O)Oc2ccc(F)cc2C(=O)c2cnn(-c3ccccc3)c2)cc1. The smallest absolute Gasteiger partial charge is 0.336 e. The normalized spacial score (nSPS) is 10.8. The van der Waals surface area contributed by atoms with E-state index in [2.05, 4.69) is 5.10 Å². The number of ether oxygens (including phenoxy) is 2. The van der Waals surface area contributed by atoms with Crippen molar-refractivity contribution in [3.8, 4) is 17.2 Å². The highest BCUT2D eigenvalue weighted by molar-refractivity contribution is 6.11. The molecule has 0 N–H and O–H groups in total. The van der Waals surface area contributed by atoms with Crippen LogP contribution in [0, 0.1) is 5.82 Å². The number of ketones is 1. The molecule has 4 rings (SSSR count). The molecule has 0 saturated carbocycles. The number of carbonyl (C=O) groups is 2. The van der Waals surface area contributed by atoms with Crippen molar-refractivity contribution < 1.29 is 23.5 Å². The minimum atomic E-state index is -0.702. The highest BCUT2D eigenvalue weighted by Crippen LogP contribution is 2.24. The molecule has 0 spiro atoms. The molecular formula is C26H19FN2O4. The molecule has 164 valence electrons. The molecular weight excluding hydrogens is 423 g/mol. The number of nitrogens with zero attached hydrogens (tertiary/aromatic N) is 2. The Balaban J connectivity index is 1.53. The molecule has 4 aromatic rings. The van der Waals surface area contributed by atoms with Crippen LogP contribution in [-0.4, -0.2) is 28.6 Å². The van der Waals surface area contributed by atoms with Gasteiger partial charge >= 0.3 is 5.97 Å². The minimum Gasteiger partial charge on any atom is -0.497 e. The van der Waals surface area contributed by atoms with Crippen molar-refractivity contribution in [1.82, 2.24) is 9.78 Å². The van der Waals surface area contributed by atoms with Crippen molar-refractivity contribution in [2.75, 3.05) is 7.11 Å². The highest BCUT2D eigenvalue weighted by atomic mass is 19.1. The van der Waals surface area contributed by atoms with Crippen LogP contribution in [-0.2, 0) is 4.79 Å². The molecule has 0 bridgehead atoms. The summed E-state index contributed by atoms with van der Waals surface area (Å²) >= 11 is 0. The Bertz CT molecular complexity index is 1310. The van der Waals surface area contributed by atoms with Crippen molar-refractivity contribution in [2.45, 2.75) is 0 Å². The Kier molecular flexibility index (Phi) is 6.40. The third-order valence-electron chi connectivity index (χ3n) is 4.79. The lowest BCUT2D eigenvalue weighted by Crippen LogP contribution is -2.10. The summed E-state index contributed by atoms with van der Waals surface area (Å²) in [6.45, 7) is 0. The molecule has 0 unspecified atom stereocenters. The first-order chi connectivity index (χ1) is 16.0. The minimum absolute atomic E-state index is 0.0433. The van der Waals surface area contributed by atoms with Crippen LogP contribution in [0.4, 0.5) is 4.39 Å². The predicted molar refractivity (Wildman–Crippen MR) is 121 cm³/mol. The van der Waals surface area contributed by atoms with E-state index in [1.807, 2.05) is 30.3 Å². The fourth-order valence-corrected chi connectivity index (χ4v) is 3.11. The molecule has 0 amide bonds. The molecule has 0 aliphatic rings. The lowest BCUT2D eigenvalue weighted by atomic mass is 10.1. The summed E-state index contributed by atoms with van der Waals surface area (Å²) in [7, 11) is 1.57. The van der Waals surface area contributed by atoms with Gasteiger partial charge in [-0.1, -0.05) is 30.3 Å². The molecule has 33 heavy (non-hydrogen) atoms. The van der Waals surface area contributed by atoms with Gasteiger partial charge in [-0.15, -0.1) is 0 Å². The van der Waals surface area contributed by atoms with Crippen LogP contribution in [0.1, 0.15) is 21.5 Å². The Morgan fingerprint density at radius 3 is 2.48 bits per heavy atom. The van der Waals surface area contributed by atoms with Crippen LogP contribution >= 0.6 is 0 Å². The highest BCUT2D eigenvalue weighted by Gasteiger charge is 2.19. The Hall–Kier alpha value is -4.52. The van der Waals surface area contributed by atoms with Gasteiger partial charge in [0.05, 0.1) is 30.1 Å². The summed E-state index contributed by atoms with van der Waals surface area (Å²) in [5, 5.41) is 4.20. The molecule has 0 radical (unpaired) electrons.